The zero-order valence-corrected chi connectivity index (χ0v) is 11.8. The van der Waals surface area contributed by atoms with Gasteiger partial charge in [-0.3, -0.25) is 0 Å². The maximum atomic E-state index is 14.1. The number of nitrogens with two attached hydrogens (primary N) is 1. The van der Waals surface area contributed by atoms with Gasteiger partial charge in [0.05, 0.1) is 10.7 Å². The van der Waals surface area contributed by atoms with Crippen LogP contribution in [-0.4, -0.2) is 15.8 Å². The number of benzene rings is 1. The van der Waals surface area contributed by atoms with Crippen LogP contribution in [-0.2, 0) is 6.42 Å². The molecule has 1 aromatic heterocycles. The van der Waals surface area contributed by atoms with Crippen LogP contribution in [0.15, 0.2) is 24.4 Å². The van der Waals surface area contributed by atoms with E-state index in [0.717, 1.165) is 12.0 Å². The molecule has 0 aliphatic carbocycles. The lowest BCUT2D eigenvalue weighted by atomic mass is 10.0. The van der Waals surface area contributed by atoms with Crippen molar-refractivity contribution in [3.8, 4) is 5.69 Å². The van der Waals surface area contributed by atoms with Crippen molar-refractivity contribution in [2.45, 2.75) is 32.7 Å². The van der Waals surface area contributed by atoms with Crippen molar-refractivity contribution >= 4 is 11.6 Å². The number of aryl methyl sites for hydroxylation is 1. The molecule has 0 bridgehead atoms. The molecule has 0 saturated heterocycles. The summed E-state index contributed by atoms with van der Waals surface area (Å²) < 4.78 is 15.5. The Hall–Kier alpha value is -1.39. The second kappa shape index (κ2) is 5.72. The van der Waals surface area contributed by atoms with E-state index < -0.39 is 0 Å². The highest BCUT2D eigenvalue weighted by atomic mass is 35.5. The van der Waals surface area contributed by atoms with Crippen LogP contribution in [0, 0.1) is 12.7 Å². The summed E-state index contributed by atoms with van der Waals surface area (Å²) in [5.41, 5.74) is 7.84. The van der Waals surface area contributed by atoms with Crippen LogP contribution < -0.4 is 5.73 Å². The van der Waals surface area contributed by atoms with Crippen LogP contribution in [0.25, 0.3) is 5.69 Å². The lowest BCUT2D eigenvalue weighted by Gasteiger charge is -2.10. The molecule has 2 aromatic rings. The first kappa shape index (κ1) is 14.0. The number of hydrogen-bond acceptors (Lipinski definition) is 2. The van der Waals surface area contributed by atoms with Gasteiger partial charge in [0.25, 0.3) is 0 Å². The first-order valence-electron chi connectivity index (χ1n) is 6.27. The average Bonchev–Trinajstić information content (AvgIpc) is 2.69. The van der Waals surface area contributed by atoms with Gasteiger partial charge >= 0.3 is 0 Å². The van der Waals surface area contributed by atoms with Crippen LogP contribution >= 0.6 is 11.6 Å². The summed E-state index contributed by atoms with van der Waals surface area (Å²) in [6.07, 6.45) is 3.15. The van der Waals surface area contributed by atoms with Gasteiger partial charge in [0.1, 0.15) is 11.5 Å². The molecule has 1 atom stereocenters. The number of halogens is 2. The van der Waals surface area contributed by atoms with Gasteiger partial charge in [0.15, 0.2) is 0 Å². The lowest BCUT2D eigenvalue weighted by Crippen LogP contribution is -2.21. The number of nitrogens with zero attached hydrogens (tertiary/aromatic N) is 2. The van der Waals surface area contributed by atoms with Crippen LogP contribution in [0.2, 0.25) is 5.02 Å². The smallest absolute Gasteiger partial charge is 0.149 e. The molecule has 0 aliphatic rings. The molecule has 0 fully saturated rings. The second-order valence-electron chi connectivity index (χ2n) is 4.67. The molecule has 2 rings (SSSR count). The normalized spacial score (nSPS) is 12.7. The molecule has 0 aliphatic heterocycles. The monoisotopic (exact) mass is 281 g/mol. The molecule has 0 radical (unpaired) electrons. The van der Waals surface area contributed by atoms with Crippen molar-refractivity contribution < 1.29 is 4.39 Å². The first-order chi connectivity index (χ1) is 9.01. The Labute approximate surface area is 117 Å². The predicted octanol–water partition coefficient (Wildman–Crippen LogP) is 3.25. The van der Waals surface area contributed by atoms with E-state index in [4.69, 9.17) is 17.3 Å². The van der Waals surface area contributed by atoms with Gasteiger partial charge in [0.2, 0.25) is 0 Å². The van der Waals surface area contributed by atoms with Gasteiger partial charge in [-0.2, -0.15) is 5.10 Å². The van der Waals surface area contributed by atoms with Gasteiger partial charge in [-0.1, -0.05) is 24.6 Å². The van der Waals surface area contributed by atoms with Gasteiger partial charge in [0, 0.05) is 12.2 Å². The van der Waals surface area contributed by atoms with E-state index in [-0.39, 0.29) is 11.9 Å². The Morgan fingerprint density at radius 2 is 2.21 bits per heavy atom. The van der Waals surface area contributed by atoms with E-state index in [0.29, 0.717) is 22.8 Å². The Morgan fingerprint density at radius 3 is 2.74 bits per heavy atom. The molecule has 0 saturated carbocycles. The van der Waals surface area contributed by atoms with Crippen molar-refractivity contribution in [2.24, 2.45) is 5.73 Å². The molecule has 0 amide bonds. The van der Waals surface area contributed by atoms with Crippen LogP contribution in [0.3, 0.4) is 0 Å². The molecule has 1 aromatic carbocycles. The largest absolute Gasteiger partial charge is 0.327 e. The van der Waals surface area contributed by atoms with Crippen LogP contribution in [0.5, 0.6) is 0 Å². The molecule has 5 heteroatoms. The standard InChI is InChI=1S/C14H17ClFN3/c1-3-11(17)6-10-4-5-14(13(16)7-10)19-8-12(15)9(2)18-19/h4-5,7-8,11H,3,6,17H2,1-2H3. The molecule has 1 unspecified atom stereocenters. The van der Waals surface area contributed by atoms with E-state index in [9.17, 15) is 4.39 Å². The zero-order valence-electron chi connectivity index (χ0n) is 11.0. The fourth-order valence-corrected chi connectivity index (χ4v) is 2.00. The summed E-state index contributed by atoms with van der Waals surface area (Å²) in [7, 11) is 0. The molecule has 102 valence electrons. The number of aromatic nitrogens is 2. The quantitative estimate of drug-likeness (QED) is 0.935. The maximum absolute atomic E-state index is 14.1. The van der Waals surface area contributed by atoms with E-state index in [1.165, 1.54) is 10.7 Å². The summed E-state index contributed by atoms with van der Waals surface area (Å²) >= 11 is 5.93. The predicted molar refractivity (Wildman–Crippen MR) is 75.2 cm³/mol. The minimum atomic E-state index is -0.319. The molecule has 19 heavy (non-hydrogen) atoms. The van der Waals surface area contributed by atoms with Crippen molar-refractivity contribution in [3.63, 3.8) is 0 Å². The van der Waals surface area contributed by atoms with Crippen molar-refractivity contribution in [1.82, 2.24) is 9.78 Å². The Balaban J connectivity index is 2.29. The van der Waals surface area contributed by atoms with E-state index in [1.807, 2.05) is 13.0 Å². The summed E-state index contributed by atoms with van der Waals surface area (Å²) in [5.74, 6) is -0.319. The molecule has 3 nitrogen and oxygen atoms in total. The first-order valence-corrected chi connectivity index (χ1v) is 6.65. The zero-order chi connectivity index (χ0) is 14.0. The third-order valence-corrected chi connectivity index (χ3v) is 3.49. The highest BCUT2D eigenvalue weighted by molar-refractivity contribution is 6.31. The fourth-order valence-electron chi connectivity index (χ4n) is 1.87. The Kier molecular flexibility index (Phi) is 4.22. The van der Waals surface area contributed by atoms with Crippen molar-refractivity contribution in [3.05, 3.63) is 46.5 Å². The van der Waals surface area contributed by atoms with Crippen molar-refractivity contribution in [2.75, 3.05) is 0 Å². The topological polar surface area (TPSA) is 43.8 Å². The van der Waals surface area contributed by atoms with E-state index >= 15 is 0 Å². The van der Waals surface area contributed by atoms with Gasteiger partial charge < -0.3 is 5.73 Å². The summed E-state index contributed by atoms with van der Waals surface area (Å²) in [5, 5.41) is 4.69. The lowest BCUT2D eigenvalue weighted by molar-refractivity contribution is 0.601. The summed E-state index contributed by atoms with van der Waals surface area (Å²) in [6.45, 7) is 3.80. The third kappa shape index (κ3) is 3.14. The average molecular weight is 282 g/mol. The maximum Gasteiger partial charge on any atom is 0.149 e. The number of rotatable bonds is 4. The summed E-state index contributed by atoms with van der Waals surface area (Å²) in [6, 6.07) is 5.15. The molecular formula is C14H17ClFN3. The van der Waals surface area contributed by atoms with Gasteiger partial charge in [-0.15, -0.1) is 0 Å². The van der Waals surface area contributed by atoms with E-state index in [1.54, 1.807) is 19.2 Å². The highest BCUT2D eigenvalue weighted by Crippen LogP contribution is 2.20. The molecular weight excluding hydrogens is 265 g/mol. The molecule has 0 spiro atoms. The van der Waals surface area contributed by atoms with Gasteiger partial charge in [-0.05, 0) is 37.5 Å². The Morgan fingerprint density at radius 1 is 1.47 bits per heavy atom. The Bertz CT molecular complexity index is 561. The number of hydrogen-bond donors (Lipinski definition) is 1. The van der Waals surface area contributed by atoms with E-state index in [2.05, 4.69) is 5.10 Å². The SMILES string of the molecule is CCC(N)Cc1ccc(-n2cc(Cl)c(C)n2)c(F)c1. The highest BCUT2D eigenvalue weighted by Gasteiger charge is 2.10. The fraction of sp³-hybridized carbons (Fsp3) is 0.357. The second-order valence-corrected chi connectivity index (χ2v) is 5.07. The molecule has 2 N–H and O–H groups in total. The van der Waals surface area contributed by atoms with Crippen molar-refractivity contribution in [1.29, 1.82) is 0 Å². The van der Waals surface area contributed by atoms with Crippen LogP contribution in [0.4, 0.5) is 4.39 Å². The van der Waals surface area contributed by atoms with Crippen LogP contribution in [0.1, 0.15) is 24.6 Å². The minimum Gasteiger partial charge on any atom is -0.327 e. The van der Waals surface area contributed by atoms with Gasteiger partial charge in [-0.25, -0.2) is 9.07 Å². The summed E-state index contributed by atoms with van der Waals surface area (Å²) in [4.78, 5) is 0. The molecule has 1 heterocycles. The minimum absolute atomic E-state index is 0.0617. The third-order valence-electron chi connectivity index (χ3n) is 3.12.